The van der Waals surface area contributed by atoms with Gasteiger partial charge in [-0.05, 0) is 28.4 Å². The molecular weight excluding hydrogens is 278 g/mol. The van der Waals surface area contributed by atoms with Crippen molar-refractivity contribution in [3.8, 4) is 5.75 Å². The molecule has 16 heavy (non-hydrogen) atoms. The van der Waals surface area contributed by atoms with Gasteiger partial charge in [0.05, 0.1) is 15.5 Å². The predicted octanol–water partition coefficient (Wildman–Crippen LogP) is 2.51. The molecule has 0 saturated carbocycles. The standard InChI is InChI=1S/C10H12BrNO4/c1-2-7(13)6-16-10-8(11)4-3-5-9(10)12(14)15/h3-5,7,13H,2,6H2,1H3. The van der Waals surface area contributed by atoms with Crippen molar-refractivity contribution in [2.75, 3.05) is 6.61 Å². The topological polar surface area (TPSA) is 72.6 Å². The molecule has 0 aliphatic carbocycles. The quantitative estimate of drug-likeness (QED) is 0.668. The first-order valence-electron chi connectivity index (χ1n) is 4.80. The number of aliphatic hydroxyl groups is 1. The molecule has 1 aromatic rings. The van der Waals surface area contributed by atoms with Gasteiger partial charge >= 0.3 is 5.69 Å². The molecule has 1 rings (SSSR count). The molecule has 0 aliphatic heterocycles. The van der Waals surface area contributed by atoms with Gasteiger partial charge in [0.15, 0.2) is 0 Å². The van der Waals surface area contributed by atoms with Crippen molar-refractivity contribution >= 4 is 21.6 Å². The molecule has 0 bridgehead atoms. The van der Waals surface area contributed by atoms with Crippen molar-refractivity contribution < 1.29 is 14.8 Å². The molecule has 0 amide bonds. The highest BCUT2D eigenvalue weighted by Crippen LogP contribution is 2.34. The van der Waals surface area contributed by atoms with Crippen molar-refractivity contribution in [3.63, 3.8) is 0 Å². The smallest absolute Gasteiger partial charge is 0.312 e. The lowest BCUT2D eigenvalue weighted by Crippen LogP contribution is -2.16. The number of benzene rings is 1. The Kier molecular flexibility index (Phi) is 4.70. The minimum absolute atomic E-state index is 0.0416. The fraction of sp³-hybridized carbons (Fsp3) is 0.400. The van der Waals surface area contributed by atoms with Crippen molar-refractivity contribution in [1.29, 1.82) is 0 Å². The molecule has 1 aromatic carbocycles. The summed E-state index contributed by atoms with van der Waals surface area (Å²) in [4.78, 5) is 10.2. The molecular formula is C10H12BrNO4. The van der Waals surface area contributed by atoms with Gasteiger partial charge < -0.3 is 9.84 Å². The number of para-hydroxylation sites is 1. The van der Waals surface area contributed by atoms with Gasteiger partial charge in [0.25, 0.3) is 0 Å². The molecule has 1 atom stereocenters. The van der Waals surface area contributed by atoms with Gasteiger partial charge in [0.1, 0.15) is 6.61 Å². The first-order chi connectivity index (χ1) is 7.56. The second-order valence-corrected chi connectivity index (χ2v) is 4.07. The van der Waals surface area contributed by atoms with Crippen LogP contribution < -0.4 is 4.74 Å². The van der Waals surface area contributed by atoms with Gasteiger partial charge in [-0.25, -0.2) is 0 Å². The minimum atomic E-state index is -0.619. The maximum atomic E-state index is 10.7. The van der Waals surface area contributed by atoms with E-state index < -0.39 is 11.0 Å². The summed E-state index contributed by atoms with van der Waals surface area (Å²) in [5.74, 6) is 0.153. The second-order valence-electron chi connectivity index (χ2n) is 3.22. The molecule has 0 heterocycles. The number of halogens is 1. The predicted molar refractivity (Wildman–Crippen MR) is 62.6 cm³/mol. The Morgan fingerprint density at radius 3 is 2.88 bits per heavy atom. The van der Waals surface area contributed by atoms with Gasteiger partial charge in [-0.1, -0.05) is 13.0 Å². The van der Waals surface area contributed by atoms with Crippen molar-refractivity contribution in [1.82, 2.24) is 0 Å². The fourth-order valence-corrected chi connectivity index (χ4v) is 1.55. The summed E-state index contributed by atoms with van der Waals surface area (Å²) >= 11 is 3.18. The average molecular weight is 290 g/mol. The van der Waals surface area contributed by atoms with Gasteiger partial charge in [-0.2, -0.15) is 0 Å². The second kappa shape index (κ2) is 5.81. The Hall–Kier alpha value is -1.14. The zero-order valence-electron chi connectivity index (χ0n) is 8.72. The third-order valence-electron chi connectivity index (χ3n) is 2.03. The summed E-state index contributed by atoms with van der Waals surface area (Å²) in [7, 11) is 0. The first-order valence-corrected chi connectivity index (χ1v) is 5.59. The van der Waals surface area contributed by atoms with Gasteiger partial charge in [0.2, 0.25) is 5.75 Å². The maximum absolute atomic E-state index is 10.7. The van der Waals surface area contributed by atoms with Crippen LogP contribution in [-0.4, -0.2) is 22.7 Å². The van der Waals surface area contributed by atoms with Crippen LogP contribution in [0.25, 0.3) is 0 Å². The first kappa shape index (κ1) is 12.9. The van der Waals surface area contributed by atoms with Crippen LogP contribution in [0.2, 0.25) is 0 Å². The van der Waals surface area contributed by atoms with Crippen LogP contribution in [0.15, 0.2) is 22.7 Å². The summed E-state index contributed by atoms with van der Waals surface area (Å²) in [5.41, 5.74) is -0.113. The van der Waals surface area contributed by atoms with Crippen molar-refractivity contribution in [2.24, 2.45) is 0 Å². The van der Waals surface area contributed by atoms with E-state index in [0.29, 0.717) is 10.9 Å². The number of rotatable bonds is 5. The highest BCUT2D eigenvalue weighted by Gasteiger charge is 2.18. The van der Waals surface area contributed by atoms with E-state index in [1.54, 1.807) is 12.1 Å². The van der Waals surface area contributed by atoms with E-state index in [-0.39, 0.29) is 18.0 Å². The molecule has 1 N–H and O–H groups in total. The zero-order chi connectivity index (χ0) is 12.1. The van der Waals surface area contributed by atoms with Crippen LogP contribution >= 0.6 is 15.9 Å². The molecule has 6 heteroatoms. The lowest BCUT2D eigenvalue weighted by Gasteiger charge is -2.11. The van der Waals surface area contributed by atoms with Crippen LogP contribution in [0.3, 0.4) is 0 Å². The molecule has 0 aromatic heterocycles. The summed E-state index contributed by atoms with van der Waals surface area (Å²) in [6.45, 7) is 1.85. The third-order valence-corrected chi connectivity index (χ3v) is 2.66. The number of nitro benzene ring substituents is 1. The van der Waals surface area contributed by atoms with E-state index in [1.165, 1.54) is 6.07 Å². The van der Waals surface area contributed by atoms with Crippen LogP contribution in [0.1, 0.15) is 13.3 Å². The molecule has 0 spiro atoms. The van der Waals surface area contributed by atoms with E-state index >= 15 is 0 Å². The highest BCUT2D eigenvalue weighted by molar-refractivity contribution is 9.10. The van der Waals surface area contributed by atoms with Crippen LogP contribution in [0.4, 0.5) is 5.69 Å². The molecule has 1 unspecified atom stereocenters. The summed E-state index contributed by atoms with van der Waals surface area (Å²) in [6.07, 6.45) is -0.0789. The molecule has 5 nitrogen and oxygen atoms in total. The van der Waals surface area contributed by atoms with Crippen LogP contribution in [0, 0.1) is 10.1 Å². The average Bonchev–Trinajstić information content (AvgIpc) is 2.26. The lowest BCUT2D eigenvalue weighted by atomic mass is 10.3. The number of nitrogens with zero attached hydrogens (tertiary/aromatic N) is 1. The number of hydrogen-bond acceptors (Lipinski definition) is 4. The molecule has 0 fully saturated rings. The van der Waals surface area contributed by atoms with E-state index in [2.05, 4.69) is 15.9 Å². The molecule has 0 saturated heterocycles. The number of aliphatic hydroxyl groups excluding tert-OH is 1. The SMILES string of the molecule is CCC(O)COc1c(Br)cccc1[N+](=O)[O-]. The van der Waals surface area contributed by atoms with Gasteiger partial charge in [-0.3, -0.25) is 10.1 Å². The summed E-state index contributed by atoms with van der Waals surface area (Å²) in [6, 6.07) is 4.57. The fourth-order valence-electron chi connectivity index (χ4n) is 1.08. The van der Waals surface area contributed by atoms with Crippen LogP contribution in [-0.2, 0) is 0 Å². The Bertz CT molecular complexity index is 383. The normalized spacial score (nSPS) is 12.2. The van der Waals surface area contributed by atoms with Crippen molar-refractivity contribution in [2.45, 2.75) is 19.4 Å². The van der Waals surface area contributed by atoms with Crippen LogP contribution in [0.5, 0.6) is 5.75 Å². The Balaban J connectivity index is 2.88. The third kappa shape index (κ3) is 3.18. The minimum Gasteiger partial charge on any atom is -0.483 e. The Labute approximate surface area is 101 Å². The monoisotopic (exact) mass is 289 g/mol. The van der Waals surface area contributed by atoms with Crippen molar-refractivity contribution in [3.05, 3.63) is 32.8 Å². The summed E-state index contributed by atoms with van der Waals surface area (Å²) < 4.78 is 5.75. The summed E-state index contributed by atoms with van der Waals surface area (Å²) in [5, 5.41) is 20.1. The largest absolute Gasteiger partial charge is 0.483 e. The molecule has 0 radical (unpaired) electrons. The number of hydrogen-bond donors (Lipinski definition) is 1. The highest BCUT2D eigenvalue weighted by atomic mass is 79.9. The molecule has 88 valence electrons. The van der Waals surface area contributed by atoms with E-state index in [9.17, 15) is 15.2 Å². The molecule has 0 aliphatic rings. The van der Waals surface area contributed by atoms with Gasteiger partial charge in [-0.15, -0.1) is 0 Å². The van der Waals surface area contributed by atoms with E-state index in [4.69, 9.17) is 4.74 Å². The van der Waals surface area contributed by atoms with E-state index in [1.807, 2.05) is 6.92 Å². The number of nitro groups is 1. The van der Waals surface area contributed by atoms with E-state index in [0.717, 1.165) is 0 Å². The Morgan fingerprint density at radius 1 is 1.62 bits per heavy atom. The zero-order valence-corrected chi connectivity index (χ0v) is 10.3. The Morgan fingerprint density at radius 2 is 2.31 bits per heavy atom. The number of ether oxygens (including phenoxy) is 1. The van der Waals surface area contributed by atoms with Gasteiger partial charge in [0, 0.05) is 6.07 Å². The maximum Gasteiger partial charge on any atom is 0.312 e. The lowest BCUT2D eigenvalue weighted by molar-refractivity contribution is -0.386.